The number of likely N-dealkylation sites (N-methyl/N-ethyl adjacent to an activating group) is 3. The van der Waals surface area contributed by atoms with Gasteiger partial charge in [-0.2, -0.15) is 0 Å². The number of benzene rings is 4. The molecule has 0 bridgehead atoms. The van der Waals surface area contributed by atoms with E-state index in [1.54, 1.807) is 75.3 Å². The van der Waals surface area contributed by atoms with E-state index in [2.05, 4.69) is 68.0 Å². The number of hydrogen-bond donors (Lipinski definition) is 16. The first-order valence-corrected chi connectivity index (χ1v) is 48.6. The number of amides is 17. The van der Waals surface area contributed by atoms with Crippen LogP contribution in [0.15, 0.2) is 116 Å². The molecule has 138 heavy (non-hydrogen) atoms. The smallest absolute Gasteiger partial charge is 0.246 e. The minimum atomic E-state index is -1.75. The number of piperazine rings is 1. The third-order valence-electron chi connectivity index (χ3n) is 25.7. The van der Waals surface area contributed by atoms with Crippen LogP contribution in [0.4, 0.5) is 5.69 Å². The van der Waals surface area contributed by atoms with E-state index in [4.69, 9.17) is 11.5 Å². The maximum absolute atomic E-state index is 15.7. The molecule has 4 aliphatic rings. The molecule has 0 aliphatic carbocycles. The number of nitrogens with one attached hydrogen (secondary N) is 12. The summed E-state index contributed by atoms with van der Waals surface area (Å²) in [4.78, 5) is 267. The van der Waals surface area contributed by atoms with Crippen LogP contribution in [0.5, 0.6) is 5.75 Å². The summed E-state index contributed by atoms with van der Waals surface area (Å²) >= 11 is 0.846. The van der Waals surface area contributed by atoms with Gasteiger partial charge >= 0.3 is 0 Å². The van der Waals surface area contributed by atoms with Gasteiger partial charge in [0, 0.05) is 138 Å². The Bertz CT molecular complexity index is 5300. The summed E-state index contributed by atoms with van der Waals surface area (Å²) in [6, 6.07) is 10.6. The van der Waals surface area contributed by atoms with Crippen molar-refractivity contribution in [2.75, 3.05) is 96.5 Å². The molecule has 18 N–H and O–H groups in total. The lowest BCUT2D eigenvalue weighted by atomic mass is 9.99. The summed E-state index contributed by atoms with van der Waals surface area (Å²) in [7, 11) is 4.07. The summed E-state index contributed by atoms with van der Waals surface area (Å²) in [5, 5.41) is 50.1. The van der Waals surface area contributed by atoms with Gasteiger partial charge in [0.05, 0.1) is 31.4 Å². The van der Waals surface area contributed by atoms with E-state index in [1.165, 1.54) is 62.1 Å². The van der Waals surface area contributed by atoms with Crippen molar-refractivity contribution in [2.24, 2.45) is 23.3 Å². The highest BCUT2D eigenvalue weighted by Crippen LogP contribution is 2.29. The molecule has 2 aromatic heterocycles. The normalized spacial score (nSPS) is 24.7. The van der Waals surface area contributed by atoms with Crippen molar-refractivity contribution < 1.29 is 91.7 Å². The van der Waals surface area contributed by atoms with Gasteiger partial charge in [0.25, 0.3) is 0 Å². The van der Waals surface area contributed by atoms with Gasteiger partial charge in [-0.25, -0.2) is 0 Å². The number of nitrogens with two attached hydrogens (primary N) is 2. The molecular formula is C97H135N21O19S. The van der Waals surface area contributed by atoms with Crippen LogP contribution < -0.4 is 69.5 Å². The fraction of sp³-hybridized carbons (Fsp3) is 0.536. The average Bonchev–Trinajstić information content (AvgIpc) is 1.20. The lowest BCUT2D eigenvalue weighted by Crippen LogP contribution is -2.61. The molecule has 4 aromatic carbocycles. The molecule has 4 aliphatic heterocycles. The van der Waals surface area contributed by atoms with Crippen LogP contribution in [0.25, 0.3) is 21.8 Å². The monoisotopic (exact) mass is 1930 g/mol. The summed E-state index contributed by atoms with van der Waals surface area (Å²) in [5.74, 6) is -16.0. The van der Waals surface area contributed by atoms with E-state index < -0.39 is 223 Å². The Kier molecular flexibility index (Phi) is 39.3. The zero-order chi connectivity index (χ0) is 100. The first kappa shape index (κ1) is 107. The first-order valence-electron chi connectivity index (χ1n) is 47.4. The van der Waals surface area contributed by atoms with Crippen molar-refractivity contribution in [1.82, 2.24) is 92.5 Å². The number of thioether (sulfide) groups is 1. The number of unbranched alkanes of at least 4 members (excludes halogenated alkanes) is 2. The molecule has 0 spiro atoms. The molecule has 0 saturated carbocycles. The van der Waals surface area contributed by atoms with Gasteiger partial charge in [0.15, 0.2) is 0 Å². The van der Waals surface area contributed by atoms with E-state index in [0.29, 0.717) is 90.4 Å². The number of fused-ring (bicyclic) bond motifs is 4. The minimum Gasteiger partial charge on any atom is -0.508 e. The molecule has 6 aromatic rings. The number of phenolic OH excluding ortho intramolecular Hbond substituents is 1. The quantitative estimate of drug-likeness (QED) is 0.0411. The number of aromatic hydroxyl groups is 1. The topological polar surface area (TPSA) is 557 Å². The first-order chi connectivity index (χ1) is 65.9. The van der Waals surface area contributed by atoms with Crippen LogP contribution in [-0.2, 0) is 101 Å². The zero-order valence-corrected chi connectivity index (χ0v) is 80.9. The molecule has 14 atom stereocenters. The number of hydrogen-bond acceptors (Lipinski definition) is 22. The number of carbonyl (C=O) groups is 17. The van der Waals surface area contributed by atoms with Gasteiger partial charge < -0.3 is 119 Å². The average molecular weight is 1930 g/mol. The number of primary amides is 1. The van der Waals surface area contributed by atoms with Crippen LogP contribution in [-0.4, -0.2) is 326 Å². The van der Waals surface area contributed by atoms with Crippen molar-refractivity contribution >= 4 is 140 Å². The summed E-state index contributed by atoms with van der Waals surface area (Å²) < 4.78 is 0. The Balaban J connectivity index is 0.985. The number of anilines is 1. The number of rotatable bonds is 23. The number of phenols is 1. The van der Waals surface area contributed by atoms with Crippen LogP contribution in [0.1, 0.15) is 142 Å². The van der Waals surface area contributed by atoms with Crippen molar-refractivity contribution in [3.05, 3.63) is 132 Å². The fourth-order valence-corrected chi connectivity index (χ4v) is 18.7. The van der Waals surface area contributed by atoms with Gasteiger partial charge in [-0.1, -0.05) is 134 Å². The molecule has 4 saturated heterocycles. The van der Waals surface area contributed by atoms with Gasteiger partial charge in [-0.05, 0) is 110 Å². The van der Waals surface area contributed by atoms with Crippen LogP contribution >= 0.6 is 11.8 Å². The van der Waals surface area contributed by atoms with Crippen molar-refractivity contribution in [2.45, 2.75) is 229 Å². The van der Waals surface area contributed by atoms with Crippen molar-refractivity contribution in [1.29, 1.82) is 0 Å². The van der Waals surface area contributed by atoms with E-state index in [-0.39, 0.29) is 94.1 Å². The number of carbonyl (C=O) groups excluding carboxylic acids is 17. The Morgan fingerprint density at radius 1 is 0.522 bits per heavy atom. The molecule has 748 valence electrons. The molecule has 41 heteroatoms. The molecular weight excluding hydrogens is 1800 g/mol. The second kappa shape index (κ2) is 50.8. The second-order valence-corrected chi connectivity index (χ2v) is 37.9. The predicted molar refractivity (Wildman–Crippen MR) is 517 cm³/mol. The minimum absolute atomic E-state index is 0.00196. The predicted octanol–water partition coefficient (Wildman–Crippen LogP) is 0.349. The molecule has 40 nitrogen and oxygen atoms in total. The van der Waals surface area contributed by atoms with E-state index in [0.717, 1.165) is 32.1 Å². The van der Waals surface area contributed by atoms with Crippen molar-refractivity contribution in [3.63, 3.8) is 0 Å². The Hall–Kier alpha value is -13.2. The summed E-state index contributed by atoms with van der Waals surface area (Å²) in [5.41, 5.74) is 15.8. The van der Waals surface area contributed by atoms with E-state index >= 15 is 33.6 Å². The van der Waals surface area contributed by atoms with Crippen LogP contribution in [0.2, 0.25) is 0 Å². The van der Waals surface area contributed by atoms with E-state index in [9.17, 15) is 58.2 Å². The van der Waals surface area contributed by atoms with Crippen LogP contribution in [0, 0.1) is 11.8 Å². The standard InChI is InChI=1S/C97H135N21O19S/c1-11-13-29-77-90(130)106-69(41-56(3)4)88(128)111-76(87(127)103-52-84(124)116-39-37-115(38-40-116)62-23-16-15-17-24-62)54-138-55-83(123)105-72(43-59-32-34-63(119)35-33-59)93(133)112(8)58(7)85(125)108-74(47-81(99)121)95(135)117-36-22-31-78(117)91(131)110-75(48-98)89(129)109-71(42-57(5)6)96(136)118-53-64(120)46-80(118)92(132)107-70(44-60-49-100-67-27-20-18-25-65(60)67)86(126)102-51-82(122)104-73(45-61-50-101-68-28-21-19-26-66(61)68)94(134)114(10)79(30-14-12-2)97(137)113(77)9/h15-21,23-28,32-35,49-50,56-58,64,69-80,100-101,119-120H,11-14,22,29-31,36-48,51-55,98H2,1-10H3,(H2,99,121)(H,102,126)(H,103,127)(H,104,122)(H,105,123)(H,106,130)(H,107,132)(H,108,125)(H,109,129)(H,110,131)(H,111,128)/t58-,64+,69-,70-,71-,72-,73?,74-,75-,76-,77-,78-,79-,80-/m0/s1. The molecule has 4 fully saturated rings. The Morgan fingerprint density at radius 3 is 1.67 bits per heavy atom. The highest BCUT2D eigenvalue weighted by atomic mass is 32.2. The number of aliphatic hydroxyl groups is 1. The fourth-order valence-electron chi connectivity index (χ4n) is 17.9. The largest absolute Gasteiger partial charge is 0.508 e. The number of aromatic amines is 2. The molecule has 10 rings (SSSR count). The number of aliphatic hydroxyl groups excluding tert-OH is 1. The van der Waals surface area contributed by atoms with Gasteiger partial charge in [-0.3, -0.25) is 81.5 Å². The summed E-state index contributed by atoms with van der Waals surface area (Å²) in [6.45, 7) is 11.4. The van der Waals surface area contributed by atoms with Gasteiger partial charge in [-0.15, -0.1) is 11.8 Å². The molecule has 6 heterocycles. The van der Waals surface area contributed by atoms with E-state index in [1.807, 2.05) is 62.4 Å². The number of para-hydroxylation sites is 3. The SMILES string of the molecule is CCCC[C@H]1C(=O)N(C)[C@@H](CCCC)C(=O)N[C@@H](CC(C)C)C(=O)N[C@H](C(=O)NCC(=O)N2CCN(c3ccccc3)CC2)CSCC(=O)N[C@@H](Cc2ccc(O)cc2)C(=O)N(C)[C@@H](C)C(=O)N[C@@H](CC(N)=O)C(=O)N2CCC[C@H]2C(=O)N[C@@H](CN)C(=O)N[C@@H](CC(C)C)C(=O)N2C[C@H](O)C[C@H]2C(=O)N[C@@H](Cc2c[nH]c3ccccc23)C(=O)NCC(=O)NC(Cc2c[nH]c3ccccc23)C(=O)N1C. The lowest BCUT2D eigenvalue weighted by molar-refractivity contribution is -0.149. The van der Waals surface area contributed by atoms with Crippen LogP contribution in [0.3, 0.4) is 0 Å². The van der Waals surface area contributed by atoms with Gasteiger partial charge in [0.2, 0.25) is 100 Å². The number of aromatic nitrogens is 2. The van der Waals surface area contributed by atoms with Gasteiger partial charge in [0.1, 0.15) is 84.3 Å². The molecule has 17 amide bonds. The Morgan fingerprint density at radius 2 is 1.05 bits per heavy atom. The maximum atomic E-state index is 15.7. The summed E-state index contributed by atoms with van der Waals surface area (Å²) in [6.07, 6.45) is 2.36. The third-order valence-corrected chi connectivity index (χ3v) is 26.7. The molecule has 1 unspecified atom stereocenters. The van der Waals surface area contributed by atoms with Crippen molar-refractivity contribution in [3.8, 4) is 5.75 Å². The Labute approximate surface area is 806 Å². The highest BCUT2D eigenvalue weighted by molar-refractivity contribution is 8.00. The lowest BCUT2D eigenvalue weighted by Gasteiger charge is -2.36. The third kappa shape index (κ3) is 29.0. The molecule has 0 radical (unpaired) electrons. The zero-order valence-electron chi connectivity index (χ0n) is 80.1. The second-order valence-electron chi connectivity index (χ2n) is 36.8. The number of nitrogens with zero attached hydrogens (tertiary/aromatic N) is 7. The maximum Gasteiger partial charge on any atom is 0.246 e. The number of H-pyrrole nitrogens is 2. The highest BCUT2D eigenvalue weighted by Gasteiger charge is 2.47.